The number of halogens is 1. The van der Waals surface area contributed by atoms with Crippen molar-refractivity contribution in [1.29, 1.82) is 5.26 Å². The fourth-order valence-corrected chi connectivity index (χ4v) is 2.65. The third-order valence-electron chi connectivity index (χ3n) is 3.28. The predicted octanol–water partition coefficient (Wildman–Crippen LogP) is 4.40. The minimum atomic E-state index is 0.319. The third kappa shape index (κ3) is 4.40. The average molecular weight is 376 g/mol. The van der Waals surface area contributed by atoms with Crippen LogP contribution in [0, 0.1) is 25.2 Å². The van der Waals surface area contributed by atoms with Gasteiger partial charge in [-0.2, -0.15) is 5.26 Å². The van der Waals surface area contributed by atoms with Crippen LogP contribution in [-0.2, 0) is 0 Å². The minimum Gasteiger partial charge on any atom is -0.493 e. The molecule has 2 aromatic carbocycles. The normalized spacial score (nSPS) is 10.0. The van der Waals surface area contributed by atoms with E-state index in [9.17, 15) is 5.26 Å². The van der Waals surface area contributed by atoms with Crippen molar-refractivity contribution in [3.63, 3.8) is 0 Å². The molecule has 0 radical (unpaired) electrons. The van der Waals surface area contributed by atoms with E-state index in [1.54, 1.807) is 19.2 Å². The smallest absolute Gasteiger partial charge is 0.179 e. The summed E-state index contributed by atoms with van der Waals surface area (Å²) >= 11 is 3.34. The Labute approximate surface area is 144 Å². The largest absolute Gasteiger partial charge is 0.493 e. The first-order chi connectivity index (χ1) is 11.0. The fourth-order valence-electron chi connectivity index (χ4n) is 2.21. The summed E-state index contributed by atoms with van der Waals surface area (Å²) in [5, 5.41) is 9.22. The summed E-state index contributed by atoms with van der Waals surface area (Å²) in [5.74, 6) is 1.78. The highest BCUT2D eigenvalue weighted by molar-refractivity contribution is 9.10. The van der Waals surface area contributed by atoms with Crippen molar-refractivity contribution in [3.8, 4) is 23.3 Å². The first-order valence-corrected chi connectivity index (χ1v) is 7.95. The van der Waals surface area contributed by atoms with Gasteiger partial charge in [0.05, 0.1) is 12.7 Å². The van der Waals surface area contributed by atoms with Gasteiger partial charge in [-0.1, -0.05) is 33.6 Å². The molecule has 0 fully saturated rings. The highest BCUT2D eigenvalue weighted by Crippen LogP contribution is 2.34. The van der Waals surface area contributed by atoms with Crippen LogP contribution in [-0.4, -0.2) is 20.3 Å². The SMILES string of the molecule is COc1cc(Br)cc(C#N)c1OCCOc1ccc(C)cc1C. The fraction of sp³-hybridized carbons (Fsp3) is 0.278. The summed E-state index contributed by atoms with van der Waals surface area (Å²) in [6.45, 7) is 4.76. The van der Waals surface area contributed by atoms with Gasteiger partial charge in [-0.3, -0.25) is 0 Å². The van der Waals surface area contributed by atoms with E-state index in [1.165, 1.54) is 5.56 Å². The number of nitrogens with zero attached hydrogens (tertiary/aromatic N) is 1. The molecule has 0 amide bonds. The molecule has 0 saturated heterocycles. The highest BCUT2D eigenvalue weighted by Gasteiger charge is 2.12. The maximum absolute atomic E-state index is 9.22. The molecule has 2 rings (SSSR count). The van der Waals surface area contributed by atoms with Crippen LogP contribution in [0.5, 0.6) is 17.2 Å². The molecule has 0 aromatic heterocycles. The second kappa shape index (κ2) is 7.89. The molecule has 23 heavy (non-hydrogen) atoms. The van der Waals surface area contributed by atoms with Crippen LogP contribution in [0.3, 0.4) is 0 Å². The molecule has 120 valence electrons. The van der Waals surface area contributed by atoms with Crippen molar-refractivity contribution in [2.24, 2.45) is 0 Å². The van der Waals surface area contributed by atoms with Crippen LogP contribution in [0.25, 0.3) is 0 Å². The van der Waals surface area contributed by atoms with Crippen LogP contribution in [0.1, 0.15) is 16.7 Å². The highest BCUT2D eigenvalue weighted by atomic mass is 79.9. The number of benzene rings is 2. The Kier molecular flexibility index (Phi) is 5.89. The maximum atomic E-state index is 9.22. The quantitative estimate of drug-likeness (QED) is 0.701. The molecule has 5 heteroatoms. The molecule has 0 spiro atoms. The Balaban J connectivity index is 2.00. The molecule has 0 aliphatic rings. The summed E-state index contributed by atoms with van der Waals surface area (Å²) in [5.41, 5.74) is 2.70. The molecule has 0 N–H and O–H groups in total. The zero-order chi connectivity index (χ0) is 16.8. The number of rotatable bonds is 6. The van der Waals surface area contributed by atoms with Gasteiger partial charge in [0.2, 0.25) is 0 Å². The van der Waals surface area contributed by atoms with Gasteiger partial charge in [0, 0.05) is 4.47 Å². The first kappa shape index (κ1) is 17.2. The summed E-state index contributed by atoms with van der Waals surface area (Å²) in [6, 6.07) is 11.6. The van der Waals surface area contributed by atoms with E-state index in [0.29, 0.717) is 30.3 Å². The lowest BCUT2D eigenvalue weighted by atomic mass is 10.1. The van der Waals surface area contributed by atoms with Crippen molar-refractivity contribution in [2.45, 2.75) is 13.8 Å². The van der Waals surface area contributed by atoms with Crippen LogP contribution >= 0.6 is 15.9 Å². The number of methoxy groups -OCH3 is 1. The zero-order valence-corrected chi connectivity index (χ0v) is 14.9. The van der Waals surface area contributed by atoms with Gasteiger partial charge >= 0.3 is 0 Å². The average Bonchev–Trinajstić information content (AvgIpc) is 2.53. The van der Waals surface area contributed by atoms with E-state index < -0.39 is 0 Å². The molecule has 0 unspecified atom stereocenters. The third-order valence-corrected chi connectivity index (χ3v) is 3.74. The van der Waals surface area contributed by atoms with E-state index in [-0.39, 0.29) is 0 Å². The lowest BCUT2D eigenvalue weighted by Crippen LogP contribution is -2.11. The zero-order valence-electron chi connectivity index (χ0n) is 13.4. The van der Waals surface area contributed by atoms with Gasteiger partial charge in [-0.25, -0.2) is 0 Å². The van der Waals surface area contributed by atoms with Gasteiger partial charge < -0.3 is 14.2 Å². The monoisotopic (exact) mass is 375 g/mol. The molecular weight excluding hydrogens is 358 g/mol. The maximum Gasteiger partial charge on any atom is 0.179 e. The standard InChI is InChI=1S/C18H18BrNO3/c1-12-4-5-16(13(2)8-12)22-6-7-23-18-14(11-20)9-15(19)10-17(18)21-3/h4-5,8-10H,6-7H2,1-3H3. The van der Waals surface area contributed by atoms with Gasteiger partial charge in [0.1, 0.15) is 25.0 Å². The number of hydrogen-bond donors (Lipinski definition) is 0. The Morgan fingerprint density at radius 2 is 1.78 bits per heavy atom. The number of aryl methyl sites for hydroxylation is 2. The molecule has 0 heterocycles. The molecule has 4 nitrogen and oxygen atoms in total. The van der Waals surface area contributed by atoms with E-state index >= 15 is 0 Å². The number of nitriles is 1. The Morgan fingerprint density at radius 3 is 2.43 bits per heavy atom. The summed E-state index contributed by atoms with van der Waals surface area (Å²) in [4.78, 5) is 0. The number of ether oxygens (including phenoxy) is 3. The second-order valence-electron chi connectivity index (χ2n) is 5.06. The first-order valence-electron chi connectivity index (χ1n) is 7.15. The molecule has 0 saturated carbocycles. The Morgan fingerprint density at radius 1 is 1.04 bits per heavy atom. The molecule has 0 bridgehead atoms. The van der Waals surface area contributed by atoms with E-state index in [1.807, 2.05) is 26.0 Å². The van der Waals surface area contributed by atoms with Gasteiger partial charge in [0.15, 0.2) is 11.5 Å². The van der Waals surface area contributed by atoms with E-state index in [0.717, 1.165) is 15.8 Å². The van der Waals surface area contributed by atoms with Crippen molar-refractivity contribution < 1.29 is 14.2 Å². The summed E-state index contributed by atoms with van der Waals surface area (Å²) < 4.78 is 17.5. The van der Waals surface area contributed by atoms with Crippen LogP contribution < -0.4 is 14.2 Å². The van der Waals surface area contributed by atoms with Crippen molar-refractivity contribution >= 4 is 15.9 Å². The Bertz CT molecular complexity index is 738. The van der Waals surface area contributed by atoms with Gasteiger partial charge in [-0.15, -0.1) is 0 Å². The lowest BCUT2D eigenvalue weighted by Gasteiger charge is -2.14. The van der Waals surface area contributed by atoms with E-state index in [2.05, 4.69) is 28.1 Å². The molecular formula is C18H18BrNO3. The Hall–Kier alpha value is -2.19. The van der Waals surface area contributed by atoms with Crippen LogP contribution in [0.4, 0.5) is 0 Å². The van der Waals surface area contributed by atoms with Crippen molar-refractivity contribution in [2.75, 3.05) is 20.3 Å². The summed E-state index contributed by atoms with van der Waals surface area (Å²) in [7, 11) is 1.54. The predicted molar refractivity (Wildman–Crippen MR) is 92.3 cm³/mol. The second-order valence-corrected chi connectivity index (χ2v) is 5.98. The van der Waals surface area contributed by atoms with Crippen LogP contribution in [0.15, 0.2) is 34.8 Å². The van der Waals surface area contributed by atoms with Gasteiger partial charge in [-0.05, 0) is 37.6 Å². The number of hydrogen-bond acceptors (Lipinski definition) is 4. The lowest BCUT2D eigenvalue weighted by molar-refractivity contribution is 0.210. The molecule has 0 aliphatic heterocycles. The van der Waals surface area contributed by atoms with Crippen molar-refractivity contribution in [1.82, 2.24) is 0 Å². The molecule has 2 aromatic rings. The topological polar surface area (TPSA) is 51.5 Å². The van der Waals surface area contributed by atoms with Crippen LogP contribution in [0.2, 0.25) is 0 Å². The van der Waals surface area contributed by atoms with E-state index in [4.69, 9.17) is 14.2 Å². The minimum absolute atomic E-state index is 0.319. The molecule has 0 aliphatic carbocycles. The summed E-state index contributed by atoms with van der Waals surface area (Å²) in [6.07, 6.45) is 0. The molecule has 0 atom stereocenters. The van der Waals surface area contributed by atoms with Gasteiger partial charge in [0.25, 0.3) is 0 Å². The van der Waals surface area contributed by atoms with Crippen molar-refractivity contribution in [3.05, 3.63) is 51.5 Å².